The molecule has 1 aliphatic rings. The summed E-state index contributed by atoms with van der Waals surface area (Å²) in [6, 6.07) is 7.78. The van der Waals surface area contributed by atoms with Gasteiger partial charge < -0.3 is 0 Å². The average Bonchev–Trinajstić information content (AvgIpc) is 2.59. The number of hydrogen-bond acceptors (Lipinski definition) is 3. The van der Waals surface area contributed by atoms with E-state index in [1.54, 1.807) is 19.0 Å². The first-order chi connectivity index (χ1) is 8.08. The SMILES string of the molecule is CC(=O)Cc1cccc(N2CCC(=O)N2C)c1. The van der Waals surface area contributed by atoms with Crippen LogP contribution >= 0.6 is 0 Å². The minimum Gasteiger partial charge on any atom is -0.300 e. The van der Waals surface area contributed by atoms with Gasteiger partial charge in [0.15, 0.2) is 0 Å². The molecule has 0 bridgehead atoms. The first-order valence-corrected chi connectivity index (χ1v) is 5.70. The van der Waals surface area contributed by atoms with Gasteiger partial charge in [-0.1, -0.05) is 12.1 Å². The minimum atomic E-state index is 0.127. The number of Topliss-reactive ketones (excluding diaryl/α,β-unsaturated/α-hetero) is 1. The normalized spacial score (nSPS) is 15.5. The number of ketones is 1. The Kier molecular flexibility index (Phi) is 3.13. The molecule has 4 nitrogen and oxygen atoms in total. The fourth-order valence-corrected chi connectivity index (χ4v) is 2.06. The Hall–Kier alpha value is -1.84. The van der Waals surface area contributed by atoms with Gasteiger partial charge in [0.25, 0.3) is 0 Å². The third kappa shape index (κ3) is 2.46. The van der Waals surface area contributed by atoms with Crippen molar-refractivity contribution in [3.63, 3.8) is 0 Å². The standard InChI is InChI=1S/C13H16N2O2/c1-10(16)8-11-4-3-5-12(9-11)15-7-6-13(17)14(15)2/h3-5,9H,6-8H2,1-2H3. The summed E-state index contributed by atoms with van der Waals surface area (Å²) in [5.41, 5.74) is 1.96. The molecule has 0 aliphatic carbocycles. The van der Waals surface area contributed by atoms with Crippen LogP contribution in [0.3, 0.4) is 0 Å². The van der Waals surface area contributed by atoms with Crippen LogP contribution in [0.15, 0.2) is 24.3 Å². The molecule has 1 amide bonds. The highest BCUT2D eigenvalue weighted by Crippen LogP contribution is 2.22. The van der Waals surface area contributed by atoms with Crippen LogP contribution in [-0.4, -0.2) is 30.3 Å². The second-order valence-corrected chi connectivity index (χ2v) is 4.34. The maximum atomic E-state index is 11.5. The predicted molar refractivity (Wildman–Crippen MR) is 65.6 cm³/mol. The number of nitrogens with zero attached hydrogens (tertiary/aromatic N) is 2. The number of hydrazine groups is 1. The van der Waals surface area contributed by atoms with Gasteiger partial charge in [0, 0.05) is 26.4 Å². The van der Waals surface area contributed by atoms with Crippen molar-refractivity contribution in [1.29, 1.82) is 0 Å². The average molecular weight is 232 g/mol. The maximum Gasteiger partial charge on any atom is 0.242 e. The molecule has 0 atom stereocenters. The molecule has 1 aliphatic heterocycles. The summed E-state index contributed by atoms with van der Waals surface area (Å²) >= 11 is 0. The third-order valence-electron chi connectivity index (χ3n) is 2.92. The number of anilines is 1. The zero-order valence-corrected chi connectivity index (χ0v) is 10.1. The molecule has 4 heteroatoms. The molecule has 2 rings (SSSR count). The fraction of sp³-hybridized carbons (Fsp3) is 0.385. The molecule has 0 unspecified atom stereocenters. The molecular formula is C13H16N2O2. The first kappa shape index (κ1) is 11.6. The van der Waals surface area contributed by atoms with Crippen LogP contribution in [0.2, 0.25) is 0 Å². The summed E-state index contributed by atoms with van der Waals surface area (Å²) in [5, 5.41) is 3.57. The van der Waals surface area contributed by atoms with Crippen molar-refractivity contribution in [3.8, 4) is 0 Å². The van der Waals surface area contributed by atoms with E-state index in [4.69, 9.17) is 0 Å². The summed E-state index contributed by atoms with van der Waals surface area (Å²) in [6.07, 6.45) is 0.993. The Balaban J connectivity index is 2.21. The van der Waals surface area contributed by atoms with Crippen molar-refractivity contribution in [1.82, 2.24) is 5.01 Å². The van der Waals surface area contributed by atoms with Gasteiger partial charge in [-0.2, -0.15) is 0 Å². The summed E-state index contributed by atoms with van der Waals surface area (Å²) in [4.78, 5) is 22.5. The molecule has 1 aromatic carbocycles. The zero-order valence-electron chi connectivity index (χ0n) is 10.1. The van der Waals surface area contributed by atoms with E-state index in [0.717, 1.165) is 11.3 Å². The minimum absolute atomic E-state index is 0.127. The van der Waals surface area contributed by atoms with Crippen LogP contribution in [0.1, 0.15) is 18.9 Å². The number of benzene rings is 1. The summed E-state index contributed by atoms with van der Waals surface area (Å²) in [6.45, 7) is 2.29. The molecule has 1 heterocycles. The van der Waals surface area contributed by atoms with Crippen molar-refractivity contribution < 1.29 is 9.59 Å². The van der Waals surface area contributed by atoms with E-state index in [0.29, 0.717) is 19.4 Å². The monoisotopic (exact) mass is 232 g/mol. The van der Waals surface area contributed by atoms with Gasteiger partial charge in [0.2, 0.25) is 5.91 Å². The van der Waals surface area contributed by atoms with Gasteiger partial charge in [-0.05, 0) is 24.6 Å². The van der Waals surface area contributed by atoms with E-state index in [2.05, 4.69) is 0 Å². The zero-order chi connectivity index (χ0) is 12.4. The highest BCUT2D eigenvalue weighted by molar-refractivity contribution is 5.82. The van der Waals surface area contributed by atoms with Crippen molar-refractivity contribution in [2.45, 2.75) is 19.8 Å². The number of carbonyl (C=O) groups is 2. The van der Waals surface area contributed by atoms with Crippen LogP contribution < -0.4 is 5.01 Å². The second kappa shape index (κ2) is 4.57. The van der Waals surface area contributed by atoms with Crippen LogP contribution in [0.25, 0.3) is 0 Å². The van der Waals surface area contributed by atoms with E-state index < -0.39 is 0 Å². The lowest BCUT2D eigenvalue weighted by molar-refractivity contribution is -0.126. The quantitative estimate of drug-likeness (QED) is 0.791. The predicted octanol–water partition coefficient (Wildman–Crippen LogP) is 1.40. The smallest absolute Gasteiger partial charge is 0.242 e. The Bertz CT molecular complexity index is 456. The lowest BCUT2D eigenvalue weighted by atomic mass is 10.1. The first-order valence-electron chi connectivity index (χ1n) is 5.70. The van der Waals surface area contributed by atoms with Crippen molar-refractivity contribution >= 4 is 17.4 Å². The molecular weight excluding hydrogens is 216 g/mol. The maximum absolute atomic E-state index is 11.5. The lowest BCUT2D eigenvalue weighted by Gasteiger charge is -2.26. The molecule has 0 radical (unpaired) electrons. The number of amides is 1. The Morgan fingerprint density at radius 3 is 2.76 bits per heavy atom. The summed E-state index contributed by atoms with van der Waals surface area (Å²) in [7, 11) is 1.77. The molecule has 0 N–H and O–H groups in total. The van der Waals surface area contributed by atoms with Crippen molar-refractivity contribution in [3.05, 3.63) is 29.8 Å². The summed E-state index contributed by atoms with van der Waals surface area (Å²) in [5.74, 6) is 0.273. The molecule has 1 aromatic rings. The van der Waals surface area contributed by atoms with Gasteiger partial charge in [-0.15, -0.1) is 0 Å². The van der Waals surface area contributed by atoms with Crippen molar-refractivity contribution in [2.75, 3.05) is 18.6 Å². The van der Waals surface area contributed by atoms with E-state index in [1.165, 1.54) is 0 Å². The highest BCUT2D eigenvalue weighted by Gasteiger charge is 2.25. The number of hydrogen-bond donors (Lipinski definition) is 0. The molecule has 90 valence electrons. The molecule has 0 saturated carbocycles. The lowest BCUT2D eigenvalue weighted by Crippen LogP contribution is -2.35. The number of rotatable bonds is 3. The molecule has 1 fully saturated rings. The fourth-order valence-electron chi connectivity index (χ4n) is 2.06. The molecule has 0 spiro atoms. The topological polar surface area (TPSA) is 40.6 Å². The van der Waals surface area contributed by atoms with Gasteiger partial charge in [-0.3, -0.25) is 19.6 Å². The van der Waals surface area contributed by atoms with Crippen LogP contribution in [0, 0.1) is 0 Å². The van der Waals surface area contributed by atoms with E-state index >= 15 is 0 Å². The Morgan fingerprint density at radius 1 is 1.41 bits per heavy atom. The van der Waals surface area contributed by atoms with Crippen LogP contribution in [-0.2, 0) is 16.0 Å². The van der Waals surface area contributed by atoms with Crippen LogP contribution in [0.4, 0.5) is 5.69 Å². The molecule has 17 heavy (non-hydrogen) atoms. The second-order valence-electron chi connectivity index (χ2n) is 4.34. The Morgan fingerprint density at radius 2 is 2.18 bits per heavy atom. The van der Waals surface area contributed by atoms with Gasteiger partial charge in [0.05, 0.1) is 5.69 Å². The molecule has 0 aromatic heterocycles. The summed E-state index contributed by atoms with van der Waals surface area (Å²) < 4.78 is 0. The highest BCUT2D eigenvalue weighted by atomic mass is 16.2. The Labute approximate surface area is 101 Å². The largest absolute Gasteiger partial charge is 0.300 e. The third-order valence-corrected chi connectivity index (χ3v) is 2.92. The van der Waals surface area contributed by atoms with E-state index in [-0.39, 0.29) is 11.7 Å². The van der Waals surface area contributed by atoms with Gasteiger partial charge in [0.1, 0.15) is 5.78 Å². The van der Waals surface area contributed by atoms with E-state index in [9.17, 15) is 9.59 Å². The number of carbonyl (C=O) groups excluding carboxylic acids is 2. The van der Waals surface area contributed by atoms with Crippen LogP contribution in [0.5, 0.6) is 0 Å². The van der Waals surface area contributed by atoms with Gasteiger partial charge >= 0.3 is 0 Å². The van der Waals surface area contributed by atoms with E-state index in [1.807, 2.05) is 29.3 Å². The van der Waals surface area contributed by atoms with Gasteiger partial charge in [-0.25, -0.2) is 0 Å². The van der Waals surface area contributed by atoms with Crippen molar-refractivity contribution in [2.24, 2.45) is 0 Å². The molecule has 1 saturated heterocycles.